The third-order valence-electron chi connectivity index (χ3n) is 12.9. The lowest BCUT2D eigenvalue weighted by atomic mass is 9.94. The Balaban J connectivity index is 1.48. The van der Waals surface area contributed by atoms with E-state index in [1.807, 2.05) is 0 Å². The third-order valence-corrected chi connectivity index (χ3v) is 12.9. The predicted octanol–water partition coefficient (Wildman–Crippen LogP) is -14.2. The lowest BCUT2D eigenvalue weighted by molar-refractivity contribution is -0.376. The van der Waals surface area contributed by atoms with Crippen LogP contribution in [0.4, 0.5) is 0 Å². The number of carbonyl (C=O) groups excluding carboxylic acids is 2. The molecule has 0 aromatic rings. The normalized spacial score (nSPS) is 45.2. The van der Waals surface area contributed by atoms with E-state index in [4.69, 9.17) is 47.4 Å². The molecule has 0 spiro atoms. The van der Waals surface area contributed by atoms with Crippen LogP contribution in [0.2, 0.25) is 0 Å². The molecule has 0 aromatic carbocycles. The first-order valence-corrected chi connectivity index (χ1v) is 23.0. The summed E-state index contributed by atoms with van der Waals surface area (Å²) >= 11 is 0. The average molecular weight is 1070 g/mol. The van der Waals surface area contributed by atoms with E-state index in [9.17, 15) is 107 Å². The van der Waals surface area contributed by atoms with E-state index in [2.05, 4.69) is 10.6 Å². The van der Waals surface area contributed by atoms with Crippen LogP contribution in [0.1, 0.15) is 13.8 Å². The Morgan fingerprint density at radius 2 is 0.863 bits per heavy atom. The Kier molecular flexibility index (Phi) is 23.1. The summed E-state index contributed by atoms with van der Waals surface area (Å²) in [5.74, 6) is -1.71. The van der Waals surface area contributed by atoms with Gasteiger partial charge in [0.2, 0.25) is 11.8 Å². The quantitative estimate of drug-likeness (QED) is 0.0479. The van der Waals surface area contributed by atoms with Gasteiger partial charge < -0.3 is 155 Å². The number of aliphatic hydroxyl groups excluding tert-OH is 19. The minimum atomic E-state index is -2.34. The number of aliphatic hydroxyl groups is 19. The lowest BCUT2D eigenvalue weighted by Crippen LogP contribution is -2.70. The van der Waals surface area contributed by atoms with Crippen LogP contribution in [0.25, 0.3) is 0 Å². The number of ether oxygens (including phenoxy) is 10. The Hall–Kier alpha value is -2.22. The summed E-state index contributed by atoms with van der Waals surface area (Å²) in [4.78, 5) is 25.2. The molecule has 5 aliphatic rings. The predicted molar refractivity (Wildman–Crippen MR) is 225 cm³/mol. The number of amides is 2. The number of rotatable bonds is 22. The van der Waals surface area contributed by atoms with Gasteiger partial charge in [0, 0.05) is 13.8 Å². The molecule has 21 N–H and O–H groups in total. The van der Waals surface area contributed by atoms with E-state index in [1.165, 1.54) is 0 Å². The Morgan fingerprint density at radius 1 is 0.438 bits per heavy atom. The van der Waals surface area contributed by atoms with Crippen LogP contribution in [0.5, 0.6) is 0 Å². The van der Waals surface area contributed by atoms with Crippen molar-refractivity contribution in [1.82, 2.24) is 10.6 Å². The van der Waals surface area contributed by atoms with E-state index in [1.54, 1.807) is 0 Å². The molecule has 29 atom stereocenters. The molecule has 73 heavy (non-hydrogen) atoms. The standard InChI is InChI=1S/C40H70N2O31/c1-10(49)41-19-26(58)33(71-38-29(61)27(59)22(54)14(5-45)66-38)17(8-48)68-36(19)64-9-18-25(57)35(31(63)40(69-18)70-32(13(52)4-44)21(53)12(51)3-43)73-37-20(42-11(2)50)34(24(56)16(7-47)65-37)72-39-30(62)28(60)23(55)15(6-46)67-39/h12-40,43-48,51-63H,3-9H2,1-2H3,(H,41,49)(H,42,50)/t12-,13+,14+,15+,16+,17+,18+,19+,20+,21+,22-,23-,24+,25-,26+,27-,28-,29+,30+,31+,32+,33+,34+,35-,36+,37-,38-,39-,40-/m0/s1. The van der Waals surface area contributed by atoms with Gasteiger partial charge in [0.05, 0.1) is 46.2 Å². The first-order chi connectivity index (χ1) is 34.5. The van der Waals surface area contributed by atoms with Crippen LogP contribution in [0.3, 0.4) is 0 Å². The highest BCUT2D eigenvalue weighted by Crippen LogP contribution is 2.35. The van der Waals surface area contributed by atoms with Crippen LogP contribution in [-0.2, 0) is 57.0 Å². The van der Waals surface area contributed by atoms with Crippen molar-refractivity contribution in [2.45, 2.75) is 192 Å². The summed E-state index contributed by atoms with van der Waals surface area (Å²) in [5.41, 5.74) is 0. The van der Waals surface area contributed by atoms with Crippen LogP contribution >= 0.6 is 0 Å². The van der Waals surface area contributed by atoms with Crippen molar-refractivity contribution >= 4 is 11.8 Å². The van der Waals surface area contributed by atoms with Crippen LogP contribution in [0.15, 0.2) is 0 Å². The molecule has 2 amide bonds. The summed E-state index contributed by atoms with van der Waals surface area (Å²) in [6.07, 6.45) is -52.9. The molecule has 5 rings (SSSR count). The summed E-state index contributed by atoms with van der Waals surface area (Å²) < 4.78 is 57.3. The zero-order valence-electron chi connectivity index (χ0n) is 39.1. The van der Waals surface area contributed by atoms with Crippen molar-refractivity contribution in [2.75, 3.05) is 46.2 Å². The van der Waals surface area contributed by atoms with Crippen LogP contribution in [-0.4, -0.2) is 333 Å². The minimum absolute atomic E-state index is 0.826. The summed E-state index contributed by atoms with van der Waals surface area (Å²) in [6.45, 7) is -5.11. The van der Waals surface area contributed by atoms with Crippen LogP contribution < -0.4 is 10.6 Å². The highest BCUT2D eigenvalue weighted by Gasteiger charge is 2.57. The van der Waals surface area contributed by atoms with Crippen molar-refractivity contribution in [3.05, 3.63) is 0 Å². The highest BCUT2D eigenvalue weighted by molar-refractivity contribution is 5.73. The Morgan fingerprint density at radius 3 is 1.36 bits per heavy atom. The average Bonchev–Trinajstić information content (AvgIpc) is 3.36. The van der Waals surface area contributed by atoms with Gasteiger partial charge in [0.15, 0.2) is 31.5 Å². The van der Waals surface area contributed by atoms with Crippen molar-refractivity contribution in [3.8, 4) is 0 Å². The summed E-state index contributed by atoms with van der Waals surface area (Å²) in [5, 5.41) is 205. The van der Waals surface area contributed by atoms with E-state index in [0.717, 1.165) is 13.8 Å². The molecule has 0 aromatic heterocycles. The molecule has 5 fully saturated rings. The maximum absolute atomic E-state index is 12.7. The smallest absolute Gasteiger partial charge is 0.217 e. The molecule has 5 heterocycles. The summed E-state index contributed by atoms with van der Waals surface area (Å²) in [6, 6.07) is -3.51. The lowest BCUT2D eigenvalue weighted by Gasteiger charge is -2.50. The second-order valence-corrected chi connectivity index (χ2v) is 18.0. The second-order valence-electron chi connectivity index (χ2n) is 18.0. The van der Waals surface area contributed by atoms with Crippen molar-refractivity contribution in [2.24, 2.45) is 0 Å². The van der Waals surface area contributed by atoms with Crippen molar-refractivity contribution in [3.63, 3.8) is 0 Å². The van der Waals surface area contributed by atoms with E-state index >= 15 is 0 Å². The molecular formula is C40H70N2O31. The van der Waals surface area contributed by atoms with Gasteiger partial charge in [-0.05, 0) is 0 Å². The minimum Gasteiger partial charge on any atom is -0.394 e. The summed E-state index contributed by atoms with van der Waals surface area (Å²) in [7, 11) is 0. The fourth-order valence-corrected chi connectivity index (χ4v) is 8.81. The molecule has 0 bridgehead atoms. The molecule has 33 nitrogen and oxygen atoms in total. The van der Waals surface area contributed by atoms with E-state index in [-0.39, 0.29) is 0 Å². The molecule has 5 aliphatic heterocycles. The maximum atomic E-state index is 12.7. The van der Waals surface area contributed by atoms with E-state index < -0.39 is 236 Å². The van der Waals surface area contributed by atoms with Gasteiger partial charge in [-0.25, -0.2) is 0 Å². The molecule has 0 unspecified atom stereocenters. The zero-order chi connectivity index (χ0) is 54.3. The van der Waals surface area contributed by atoms with Gasteiger partial charge in [-0.2, -0.15) is 0 Å². The number of hydrogen-bond acceptors (Lipinski definition) is 31. The third kappa shape index (κ3) is 14.1. The fourth-order valence-electron chi connectivity index (χ4n) is 8.81. The van der Waals surface area contributed by atoms with Gasteiger partial charge >= 0.3 is 0 Å². The van der Waals surface area contributed by atoms with Gasteiger partial charge in [-0.15, -0.1) is 0 Å². The molecule has 426 valence electrons. The molecule has 33 heteroatoms. The first kappa shape index (κ1) is 61.6. The number of nitrogens with one attached hydrogen (secondary N) is 2. The largest absolute Gasteiger partial charge is 0.394 e. The highest BCUT2D eigenvalue weighted by atomic mass is 16.8. The molecule has 5 saturated heterocycles. The number of hydrogen-bond donors (Lipinski definition) is 21. The van der Waals surface area contributed by atoms with Gasteiger partial charge in [0.1, 0.15) is 146 Å². The monoisotopic (exact) mass is 1070 g/mol. The first-order valence-electron chi connectivity index (χ1n) is 23.0. The SMILES string of the molecule is CC(=O)N[C@H]1[C@H](OC[C@H]2O[C@@H](O[C@@H]([C@H](O)[C@@H](O)CO)[C@H](O)CO)[C@H](O)[C@@H](O[C@@H]3O[C@H](CO)[C@@H](O)[C@H](O[C@@H]4O[C@H](CO)[C@H](O)[C@H](O)[C@H]4O)[C@H]3NC(C)=O)[C@H]2O)O[C@H](CO)[C@@H](O[C@@H]2O[C@H](CO)[C@H](O)[C@H](O)[C@H]2O)[C@@H]1O. The van der Waals surface area contributed by atoms with E-state index in [0.29, 0.717) is 0 Å². The molecule has 0 saturated carbocycles. The molecule has 0 aliphatic carbocycles. The Labute approximate surface area is 414 Å². The topological polar surface area (TPSA) is 535 Å². The Bertz CT molecular complexity index is 1700. The van der Waals surface area contributed by atoms with Gasteiger partial charge in [0.25, 0.3) is 0 Å². The van der Waals surface area contributed by atoms with Crippen LogP contribution in [0, 0.1) is 0 Å². The molecular weight excluding hydrogens is 1000 g/mol. The molecule has 0 radical (unpaired) electrons. The van der Waals surface area contributed by atoms with Crippen molar-refractivity contribution < 1.29 is 154 Å². The fraction of sp³-hybridized carbons (Fsp3) is 0.950. The maximum Gasteiger partial charge on any atom is 0.217 e. The van der Waals surface area contributed by atoms with Gasteiger partial charge in [-0.3, -0.25) is 9.59 Å². The zero-order valence-corrected chi connectivity index (χ0v) is 39.1. The van der Waals surface area contributed by atoms with Gasteiger partial charge in [-0.1, -0.05) is 0 Å². The number of carbonyl (C=O) groups is 2. The van der Waals surface area contributed by atoms with Crippen molar-refractivity contribution in [1.29, 1.82) is 0 Å². The second kappa shape index (κ2) is 27.4.